The number of amides is 1. The van der Waals surface area contributed by atoms with Crippen molar-refractivity contribution in [3.8, 4) is 0 Å². The molecule has 1 aliphatic heterocycles. The number of aliphatic hydroxyl groups is 1. The van der Waals surface area contributed by atoms with E-state index in [-0.39, 0.29) is 6.04 Å². The summed E-state index contributed by atoms with van der Waals surface area (Å²) >= 11 is 0. The van der Waals surface area contributed by atoms with E-state index < -0.39 is 12.2 Å². The molecule has 1 rings (SSSR count). The monoisotopic (exact) mass is 160 g/mol. The zero-order valence-corrected chi connectivity index (χ0v) is 6.08. The average molecular weight is 160 g/mol. The van der Waals surface area contributed by atoms with Gasteiger partial charge >= 0.3 is 6.09 Å². The highest BCUT2D eigenvalue weighted by Crippen LogP contribution is 2.02. The molecule has 0 saturated carbocycles. The van der Waals surface area contributed by atoms with Crippen LogP contribution in [-0.4, -0.2) is 41.5 Å². The van der Waals surface area contributed by atoms with E-state index in [0.717, 1.165) is 6.54 Å². The van der Waals surface area contributed by atoms with Crippen LogP contribution in [0.4, 0.5) is 4.79 Å². The summed E-state index contributed by atoms with van der Waals surface area (Å²) in [6, 6.07) is -0.360. The van der Waals surface area contributed by atoms with Crippen LogP contribution in [0.3, 0.4) is 0 Å². The van der Waals surface area contributed by atoms with Gasteiger partial charge in [-0.1, -0.05) is 0 Å². The first-order valence-electron chi connectivity index (χ1n) is 3.58. The number of aliphatic hydroxyl groups excluding tert-OH is 1. The van der Waals surface area contributed by atoms with Crippen LogP contribution in [0.25, 0.3) is 0 Å². The van der Waals surface area contributed by atoms with Crippen molar-refractivity contribution in [2.45, 2.75) is 18.6 Å². The van der Waals surface area contributed by atoms with E-state index in [9.17, 15) is 9.90 Å². The van der Waals surface area contributed by atoms with Gasteiger partial charge in [-0.25, -0.2) is 4.79 Å². The van der Waals surface area contributed by atoms with Gasteiger partial charge in [0, 0.05) is 6.54 Å². The molecule has 0 unspecified atom stereocenters. The van der Waals surface area contributed by atoms with Crippen molar-refractivity contribution in [1.29, 1.82) is 0 Å². The normalized spacial score (nSPS) is 31.4. The molecule has 0 aromatic carbocycles. The third kappa shape index (κ3) is 2.36. The minimum Gasteiger partial charge on any atom is -0.465 e. The Morgan fingerprint density at radius 3 is 2.91 bits per heavy atom. The smallest absolute Gasteiger partial charge is 0.405 e. The molecule has 0 spiro atoms. The van der Waals surface area contributed by atoms with Gasteiger partial charge in [-0.15, -0.1) is 0 Å². The Kier molecular flexibility index (Phi) is 2.67. The fraction of sp³-hybridized carbons (Fsp3) is 0.833. The highest BCUT2D eigenvalue weighted by Gasteiger charge is 2.23. The van der Waals surface area contributed by atoms with E-state index in [1.54, 1.807) is 0 Å². The lowest BCUT2D eigenvalue weighted by molar-refractivity contribution is 0.0955. The van der Waals surface area contributed by atoms with E-state index in [4.69, 9.17) is 5.11 Å². The summed E-state index contributed by atoms with van der Waals surface area (Å²) in [6.07, 6.45) is -1.03. The van der Waals surface area contributed by atoms with Crippen LogP contribution in [0.1, 0.15) is 6.42 Å². The lowest BCUT2D eigenvalue weighted by atomic mass is 10.0. The predicted molar refractivity (Wildman–Crippen MR) is 38.4 cm³/mol. The van der Waals surface area contributed by atoms with Crippen molar-refractivity contribution in [1.82, 2.24) is 10.6 Å². The Morgan fingerprint density at radius 2 is 2.36 bits per heavy atom. The molecule has 0 aromatic rings. The first kappa shape index (κ1) is 8.29. The van der Waals surface area contributed by atoms with Gasteiger partial charge in [0.2, 0.25) is 0 Å². The quantitative estimate of drug-likeness (QED) is 0.395. The van der Waals surface area contributed by atoms with Crippen LogP contribution in [-0.2, 0) is 0 Å². The number of hydrogen-bond donors (Lipinski definition) is 4. The van der Waals surface area contributed by atoms with E-state index in [0.29, 0.717) is 13.0 Å². The molecule has 1 saturated heterocycles. The van der Waals surface area contributed by atoms with Gasteiger partial charge in [0.1, 0.15) is 0 Å². The van der Waals surface area contributed by atoms with Gasteiger partial charge in [-0.2, -0.15) is 0 Å². The molecule has 0 radical (unpaired) electrons. The van der Waals surface area contributed by atoms with Gasteiger partial charge in [0.25, 0.3) is 0 Å². The Bertz CT molecular complexity index is 151. The number of piperidine rings is 1. The second-order valence-electron chi connectivity index (χ2n) is 2.62. The molecule has 1 heterocycles. The number of carboxylic acid groups (broad SMARTS) is 1. The van der Waals surface area contributed by atoms with Crippen LogP contribution in [0.2, 0.25) is 0 Å². The molecule has 5 nitrogen and oxygen atoms in total. The third-order valence-corrected chi connectivity index (χ3v) is 1.75. The summed E-state index contributed by atoms with van der Waals surface area (Å²) in [5, 5.41) is 22.8. The van der Waals surface area contributed by atoms with Gasteiger partial charge in [-0.05, 0) is 13.0 Å². The third-order valence-electron chi connectivity index (χ3n) is 1.75. The van der Waals surface area contributed by atoms with Crippen molar-refractivity contribution in [3.05, 3.63) is 0 Å². The highest BCUT2D eigenvalue weighted by atomic mass is 16.4. The molecule has 0 bridgehead atoms. The van der Waals surface area contributed by atoms with Crippen molar-refractivity contribution >= 4 is 6.09 Å². The van der Waals surface area contributed by atoms with E-state index in [1.165, 1.54) is 0 Å². The molecule has 11 heavy (non-hydrogen) atoms. The topological polar surface area (TPSA) is 81.6 Å². The molecular weight excluding hydrogens is 148 g/mol. The van der Waals surface area contributed by atoms with Gasteiger partial charge in [0.05, 0.1) is 12.1 Å². The second-order valence-corrected chi connectivity index (χ2v) is 2.62. The van der Waals surface area contributed by atoms with Gasteiger partial charge in [0.15, 0.2) is 0 Å². The lowest BCUT2D eigenvalue weighted by Gasteiger charge is -2.27. The van der Waals surface area contributed by atoms with Crippen LogP contribution < -0.4 is 10.6 Å². The minimum absolute atomic E-state index is 0.360. The summed E-state index contributed by atoms with van der Waals surface area (Å²) < 4.78 is 0. The van der Waals surface area contributed by atoms with Crippen molar-refractivity contribution in [3.63, 3.8) is 0 Å². The average Bonchev–Trinajstić information content (AvgIpc) is 1.93. The predicted octanol–water partition coefficient (Wildman–Crippen LogP) is -1.02. The summed E-state index contributed by atoms with van der Waals surface area (Å²) in [6.45, 7) is 1.26. The zero-order chi connectivity index (χ0) is 8.27. The van der Waals surface area contributed by atoms with E-state index >= 15 is 0 Å². The first-order chi connectivity index (χ1) is 5.20. The molecule has 1 amide bonds. The van der Waals surface area contributed by atoms with Crippen LogP contribution in [0.5, 0.6) is 0 Å². The van der Waals surface area contributed by atoms with E-state index in [1.807, 2.05) is 0 Å². The SMILES string of the molecule is O=C(O)N[C@H]1CNCC[C@H]1O. The fourth-order valence-corrected chi connectivity index (χ4v) is 1.15. The summed E-state index contributed by atoms with van der Waals surface area (Å²) in [5.74, 6) is 0. The number of carbonyl (C=O) groups is 1. The van der Waals surface area contributed by atoms with Crippen molar-refractivity contribution in [2.75, 3.05) is 13.1 Å². The molecular formula is C6H12N2O3. The largest absolute Gasteiger partial charge is 0.465 e. The Balaban J connectivity index is 2.35. The summed E-state index contributed by atoms with van der Waals surface area (Å²) in [5.41, 5.74) is 0. The number of rotatable bonds is 1. The second kappa shape index (κ2) is 3.54. The minimum atomic E-state index is -1.09. The maximum Gasteiger partial charge on any atom is 0.405 e. The lowest BCUT2D eigenvalue weighted by Crippen LogP contribution is -2.53. The summed E-state index contributed by atoms with van der Waals surface area (Å²) in [4.78, 5) is 10.2. The van der Waals surface area contributed by atoms with Crippen molar-refractivity contribution in [2.24, 2.45) is 0 Å². The Hall–Kier alpha value is -0.810. The van der Waals surface area contributed by atoms with Crippen LogP contribution in [0.15, 0.2) is 0 Å². The number of hydrogen-bond acceptors (Lipinski definition) is 3. The summed E-state index contributed by atoms with van der Waals surface area (Å²) in [7, 11) is 0. The molecule has 5 heteroatoms. The highest BCUT2D eigenvalue weighted by molar-refractivity contribution is 5.65. The first-order valence-corrected chi connectivity index (χ1v) is 3.58. The van der Waals surface area contributed by atoms with Crippen LogP contribution in [0, 0.1) is 0 Å². The molecule has 1 fully saturated rings. The zero-order valence-electron chi connectivity index (χ0n) is 6.08. The molecule has 4 N–H and O–H groups in total. The molecule has 2 atom stereocenters. The van der Waals surface area contributed by atoms with Gasteiger partial charge in [-0.3, -0.25) is 0 Å². The molecule has 1 aliphatic rings. The fourth-order valence-electron chi connectivity index (χ4n) is 1.15. The molecule has 0 aliphatic carbocycles. The van der Waals surface area contributed by atoms with Crippen molar-refractivity contribution < 1.29 is 15.0 Å². The van der Waals surface area contributed by atoms with Crippen LogP contribution >= 0.6 is 0 Å². The van der Waals surface area contributed by atoms with E-state index in [2.05, 4.69) is 10.6 Å². The maximum atomic E-state index is 10.2. The number of nitrogens with one attached hydrogen (secondary N) is 2. The Labute approximate surface area is 64.4 Å². The molecule has 0 aromatic heterocycles. The standard InChI is InChI=1S/C6H12N2O3/c9-5-1-2-7-3-4(5)8-6(10)11/h4-5,7-9H,1-3H2,(H,10,11)/t4-,5+/m0/s1. The molecule has 64 valence electrons. The Morgan fingerprint density at radius 1 is 1.64 bits per heavy atom. The maximum absolute atomic E-state index is 10.2. The van der Waals surface area contributed by atoms with Gasteiger partial charge < -0.3 is 20.8 Å².